The van der Waals surface area contributed by atoms with Crippen molar-refractivity contribution >= 4 is 0 Å². The standard InChI is InChI=1S/C14H20F3NO2/c1-13(2,3)19-9-12(18-4)10-6-5-7-11(8-10)20-14(15,16)17/h5-8,12,18H,9H2,1-4H3. The third-order valence-electron chi connectivity index (χ3n) is 2.53. The van der Waals surface area contributed by atoms with Gasteiger partial charge in [-0.2, -0.15) is 0 Å². The molecular formula is C14H20F3NO2. The van der Waals surface area contributed by atoms with E-state index in [1.807, 2.05) is 20.8 Å². The molecule has 20 heavy (non-hydrogen) atoms. The molecule has 0 bridgehead atoms. The Bertz CT molecular complexity index is 427. The van der Waals surface area contributed by atoms with Crippen molar-refractivity contribution in [3.8, 4) is 5.75 Å². The van der Waals surface area contributed by atoms with Crippen molar-refractivity contribution in [1.82, 2.24) is 5.32 Å². The molecule has 0 fully saturated rings. The maximum atomic E-state index is 12.2. The van der Waals surface area contributed by atoms with Gasteiger partial charge >= 0.3 is 6.36 Å². The third-order valence-corrected chi connectivity index (χ3v) is 2.53. The first kappa shape index (κ1) is 16.8. The molecule has 0 heterocycles. The first-order valence-electron chi connectivity index (χ1n) is 6.27. The first-order valence-corrected chi connectivity index (χ1v) is 6.27. The van der Waals surface area contributed by atoms with E-state index in [4.69, 9.17) is 4.74 Å². The van der Waals surface area contributed by atoms with Crippen LogP contribution in [-0.2, 0) is 4.74 Å². The first-order chi connectivity index (χ1) is 9.11. The minimum Gasteiger partial charge on any atom is -0.406 e. The zero-order valence-electron chi connectivity index (χ0n) is 12.0. The molecule has 0 aliphatic rings. The van der Waals surface area contributed by atoms with Crippen LogP contribution in [0.25, 0.3) is 0 Å². The molecule has 6 heteroatoms. The van der Waals surface area contributed by atoms with Gasteiger partial charge in [-0.3, -0.25) is 0 Å². The van der Waals surface area contributed by atoms with Crippen LogP contribution in [0.1, 0.15) is 32.4 Å². The van der Waals surface area contributed by atoms with Crippen LogP contribution in [0.15, 0.2) is 24.3 Å². The summed E-state index contributed by atoms with van der Waals surface area (Å²) >= 11 is 0. The summed E-state index contributed by atoms with van der Waals surface area (Å²) in [6, 6.07) is 5.69. The SMILES string of the molecule is CNC(COC(C)(C)C)c1cccc(OC(F)(F)F)c1. The normalized spacial score (nSPS) is 14.2. The largest absolute Gasteiger partial charge is 0.573 e. The number of nitrogens with one attached hydrogen (secondary N) is 1. The highest BCUT2D eigenvalue weighted by molar-refractivity contribution is 5.30. The topological polar surface area (TPSA) is 30.5 Å². The van der Waals surface area contributed by atoms with E-state index in [-0.39, 0.29) is 17.4 Å². The number of halogens is 3. The lowest BCUT2D eigenvalue weighted by Gasteiger charge is -2.24. The fourth-order valence-electron chi connectivity index (χ4n) is 1.61. The average Bonchev–Trinajstić information content (AvgIpc) is 2.26. The van der Waals surface area contributed by atoms with Crippen LogP contribution in [0.4, 0.5) is 13.2 Å². The Hall–Kier alpha value is -1.27. The average molecular weight is 291 g/mol. The van der Waals surface area contributed by atoms with E-state index in [2.05, 4.69) is 10.1 Å². The van der Waals surface area contributed by atoms with Crippen LogP contribution in [0.3, 0.4) is 0 Å². The van der Waals surface area contributed by atoms with E-state index in [1.165, 1.54) is 18.2 Å². The molecule has 0 radical (unpaired) electrons. The van der Waals surface area contributed by atoms with Gasteiger partial charge in [0.2, 0.25) is 0 Å². The summed E-state index contributed by atoms with van der Waals surface area (Å²) in [6.45, 7) is 6.12. The van der Waals surface area contributed by atoms with Gasteiger partial charge in [0.1, 0.15) is 5.75 Å². The Morgan fingerprint density at radius 3 is 2.35 bits per heavy atom. The van der Waals surface area contributed by atoms with Gasteiger partial charge in [0.05, 0.1) is 18.2 Å². The number of alkyl halides is 3. The molecule has 0 aliphatic carbocycles. The third kappa shape index (κ3) is 6.25. The predicted molar refractivity (Wildman–Crippen MR) is 70.6 cm³/mol. The molecule has 1 N–H and O–H groups in total. The molecule has 114 valence electrons. The summed E-state index contributed by atoms with van der Waals surface area (Å²) in [6.07, 6.45) is -4.68. The summed E-state index contributed by atoms with van der Waals surface area (Å²) < 4.78 is 46.2. The molecule has 1 aromatic carbocycles. The Morgan fingerprint density at radius 2 is 1.85 bits per heavy atom. The van der Waals surface area contributed by atoms with Gasteiger partial charge in [0.15, 0.2) is 0 Å². The second-order valence-corrected chi connectivity index (χ2v) is 5.38. The maximum Gasteiger partial charge on any atom is 0.573 e. The highest BCUT2D eigenvalue weighted by Gasteiger charge is 2.31. The van der Waals surface area contributed by atoms with Crippen LogP contribution in [0.2, 0.25) is 0 Å². The molecule has 0 spiro atoms. The molecule has 1 atom stereocenters. The fraction of sp³-hybridized carbons (Fsp3) is 0.571. The van der Waals surface area contributed by atoms with Gasteiger partial charge in [-0.25, -0.2) is 0 Å². The number of ether oxygens (including phenoxy) is 2. The van der Waals surface area contributed by atoms with Crippen LogP contribution in [0, 0.1) is 0 Å². The number of hydrogen-bond acceptors (Lipinski definition) is 3. The fourth-order valence-corrected chi connectivity index (χ4v) is 1.61. The lowest BCUT2D eigenvalue weighted by atomic mass is 10.1. The van der Waals surface area contributed by atoms with Gasteiger partial charge in [0.25, 0.3) is 0 Å². The van der Waals surface area contributed by atoms with Crippen molar-refractivity contribution in [2.24, 2.45) is 0 Å². The molecule has 1 rings (SSSR count). The number of rotatable bonds is 5. The van der Waals surface area contributed by atoms with Crippen molar-refractivity contribution in [2.45, 2.75) is 38.8 Å². The van der Waals surface area contributed by atoms with Crippen molar-refractivity contribution in [1.29, 1.82) is 0 Å². The molecular weight excluding hydrogens is 271 g/mol. The smallest absolute Gasteiger partial charge is 0.406 e. The highest BCUT2D eigenvalue weighted by Crippen LogP contribution is 2.26. The van der Waals surface area contributed by atoms with Gasteiger partial charge < -0.3 is 14.8 Å². The Morgan fingerprint density at radius 1 is 1.20 bits per heavy atom. The molecule has 0 saturated carbocycles. The lowest BCUT2D eigenvalue weighted by molar-refractivity contribution is -0.274. The highest BCUT2D eigenvalue weighted by atomic mass is 19.4. The Balaban J connectivity index is 2.80. The van der Waals surface area contributed by atoms with Crippen LogP contribution in [0.5, 0.6) is 5.75 Å². The molecule has 0 saturated heterocycles. The number of likely N-dealkylation sites (N-methyl/N-ethyl adjacent to an activating group) is 1. The lowest BCUT2D eigenvalue weighted by Crippen LogP contribution is -2.28. The second kappa shape index (κ2) is 6.45. The minimum atomic E-state index is -4.68. The Kier molecular flexibility index (Phi) is 5.42. The zero-order valence-corrected chi connectivity index (χ0v) is 12.0. The number of hydrogen-bond donors (Lipinski definition) is 1. The van der Waals surface area contributed by atoms with Crippen LogP contribution in [-0.4, -0.2) is 25.6 Å². The van der Waals surface area contributed by atoms with E-state index in [9.17, 15) is 13.2 Å². The summed E-state index contributed by atoms with van der Waals surface area (Å²) in [4.78, 5) is 0. The molecule has 0 amide bonds. The van der Waals surface area contributed by atoms with Crippen molar-refractivity contribution in [3.63, 3.8) is 0 Å². The molecule has 3 nitrogen and oxygen atoms in total. The Labute approximate surface area is 117 Å². The second-order valence-electron chi connectivity index (χ2n) is 5.38. The van der Waals surface area contributed by atoms with Crippen LogP contribution >= 0.6 is 0 Å². The van der Waals surface area contributed by atoms with E-state index in [0.717, 1.165) is 0 Å². The van der Waals surface area contributed by atoms with E-state index in [0.29, 0.717) is 12.2 Å². The number of benzene rings is 1. The van der Waals surface area contributed by atoms with E-state index >= 15 is 0 Å². The van der Waals surface area contributed by atoms with Crippen molar-refractivity contribution in [2.75, 3.05) is 13.7 Å². The summed E-state index contributed by atoms with van der Waals surface area (Å²) in [7, 11) is 1.73. The maximum absolute atomic E-state index is 12.2. The van der Waals surface area contributed by atoms with Crippen molar-refractivity contribution in [3.05, 3.63) is 29.8 Å². The quantitative estimate of drug-likeness (QED) is 0.898. The predicted octanol–water partition coefficient (Wildman–Crippen LogP) is 3.66. The zero-order chi connectivity index (χ0) is 15.4. The summed E-state index contributed by atoms with van der Waals surface area (Å²) in [5, 5.41) is 3.02. The molecule has 0 aromatic heterocycles. The van der Waals surface area contributed by atoms with E-state index < -0.39 is 6.36 Å². The monoisotopic (exact) mass is 291 g/mol. The van der Waals surface area contributed by atoms with Gasteiger partial charge in [-0.1, -0.05) is 12.1 Å². The van der Waals surface area contributed by atoms with Crippen LogP contribution < -0.4 is 10.1 Å². The minimum absolute atomic E-state index is 0.203. The van der Waals surface area contributed by atoms with Gasteiger partial charge in [-0.15, -0.1) is 13.2 Å². The molecule has 1 aromatic rings. The summed E-state index contributed by atoms with van der Waals surface area (Å²) in [5.41, 5.74) is 0.369. The van der Waals surface area contributed by atoms with E-state index in [1.54, 1.807) is 13.1 Å². The van der Waals surface area contributed by atoms with Gasteiger partial charge in [-0.05, 0) is 45.5 Å². The summed E-state index contributed by atoms with van der Waals surface area (Å²) in [5.74, 6) is -0.231. The molecule has 1 unspecified atom stereocenters. The van der Waals surface area contributed by atoms with Crippen molar-refractivity contribution < 1.29 is 22.6 Å². The van der Waals surface area contributed by atoms with Gasteiger partial charge in [0, 0.05) is 0 Å². The molecule has 0 aliphatic heterocycles.